The zero-order valence-corrected chi connectivity index (χ0v) is 20.6. The van der Waals surface area contributed by atoms with Crippen molar-refractivity contribution in [1.29, 1.82) is 0 Å². The molecule has 2 atom stereocenters. The van der Waals surface area contributed by atoms with Gasteiger partial charge in [0.15, 0.2) is 5.76 Å². The summed E-state index contributed by atoms with van der Waals surface area (Å²) in [5.41, 5.74) is 0.486. The third-order valence-electron chi connectivity index (χ3n) is 6.00. The fourth-order valence-electron chi connectivity index (χ4n) is 4.07. The van der Waals surface area contributed by atoms with Gasteiger partial charge in [-0.2, -0.15) is 9.05 Å². The minimum Gasteiger partial charge on any atom is -0.598 e. The van der Waals surface area contributed by atoms with Crippen LogP contribution in [0.1, 0.15) is 110 Å². The second-order valence-electron chi connectivity index (χ2n) is 8.79. The number of allylic oxidation sites excluding steroid dienone is 1. The van der Waals surface area contributed by atoms with E-state index in [1.54, 1.807) is 0 Å². The van der Waals surface area contributed by atoms with Crippen molar-refractivity contribution in [2.24, 2.45) is 5.92 Å². The standard InChI is InChI=1S/C24H43O6P/c1-3-5-7-8-9-10-11-12-13-14-15-16-18-28-31(26)29-20-21-19-27-24(25)23(21)22(30-31)17-6-4-2/h21H,3-20H2,1-2H3/t21-,31?/m0/s1. The van der Waals surface area contributed by atoms with Crippen LogP contribution in [0.25, 0.3) is 0 Å². The summed E-state index contributed by atoms with van der Waals surface area (Å²) in [5, 5.41) is 0. The number of rotatable bonds is 17. The van der Waals surface area contributed by atoms with Crippen molar-refractivity contribution in [2.75, 3.05) is 19.8 Å². The smallest absolute Gasteiger partial charge is 0.428 e. The fourth-order valence-corrected chi connectivity index (χ4v) is 5.42. The monoisotopic (exact) mass is 458 g/mol. The highest BCUT2D eigenvalue weighted by Gasteiger charge is 2.46. The fraction of sp³-hybridized carbons (Fsp3) is 0.875. The summed E-state index contributed by atoms with van der Waals surface area (Å²) in [7, 11) is -3.68. The molecule has 0 saturated carbocycles. The summed E-state index contributed by atoms with van der Waals surface area (Å²) in [5.74, 6) is -0.163. The highest BCUT2D eigenvalue weighted by Crippen LogP contribution is 2.59. The van der Waals surface area contributed by atoms with Gasteiger partial charge in [-0.3, -0.25) is 4.52 Å². The van der Waals surface area contributed by atoms with Crippen LogP contribution in [0.4, 0.5) is 0 Å². The third kappa shape index (κ3) is 9.77. The van der Waals surface area contributed by atoms with Crippen LogP contribution >= 0.6 is 8.17 Å². The molecule has 0 aliphatic carbocycles. The maximum atomic E-state index is 13.0. The average Bonchev–Trinajstić information content (AvgIpc) is 3.06. The number of phosphoric ester groups is 1. The minimum atomic E-state index is -3.68. The molecule has 6 nitrogen and oxygen atoms in total. The first kappa shape index (κ1) is 26.6. The SMILES string of the molecule is CCCCCCCCCCCCCCO[P+]1([O-])OC[C@@H]2COC(=O)C2=C(CCCC)O1. The van der Waals surface area contributed by atoms with Crippen LogP contribution in [0, 0.1) is 5.92 Å². The first-order chi connectivity index (χ1) is 15.1. The van der Waals surface area contributed by atoms with Crippen molar-refractivity contribution >= 4 is 14.1 Å². The second-order valence-corrected chi connectivity index (χ2v) is 10.4. The van der Waals surface area contributed by atoms with Crippen molar-refractivity contribution in [1.82, 2.24) is 0 Å². The molecule has 0 aromatic heterocycles. The van der Waals surface area contributed by atoms with E-state index < -0.39 is 8.17 Å². The summed E-state index contributed by atoms with van der Waals surface area (Å²) >= 11 is 0. The molecule has 2 aliphatic rings. The van der Waals surface area contributed by atoms with Crippen molar-refractivity contribution in [3.8, 4) is 0 Å². The summed E-state index contributed by atoms with van der Waals surface area (Å²) < 4.78 is 21.9. The molecule has 31 heavy (non-hydrogen) atoms. The molecule has 0 spiro atoms. The Balaban J connectivity index is 1.60. The third-order valence-corrected chi connectivity index (χ3v) is 7.41. The molecule has 7 heteroatoms. The number of esters is 1. The van der Waals surface area contributed by atoms with E-state index in [9.17, 15) is 9.69 Å². The zero-order valence-electron chi connectivity index (χ0n) is 19.7. The molecule has 1 saturated heterocycles. The molecular formula is C24H43O6P. The quantitative estimate of drug-likeness (QED) is 0.142. The lowest BCUT2D eigenvalue weighted by molar-refractivity contribution is -0.245. The van der Waals surface area contributed by atoms with Gasteiger partial charge in [0.1, 0.15) is 13.2 Å². The van der Waals surface area contributed by atoms with E-state index in [0.29, 0.717) is 24.4 Å². The molecule has 1 fully saturated rings. The van der Waals surface area contributed by atoms with Gasteiger partial charge in [0, 0.05) is 6.42 Å². The van der Waals surface area contributed by atoms with E-state index in [4.69, 9.17) is 18.3 Å². The molecule has 0 radical (unpaired) electrons. The minimum absolute atomic E-state index is 0.131. The number of ether oxygens (including phenoxy) is 1. The van der Waals surface area contributed by atoms with Crippen LogP contribution in [0.15, 0.2) is 11.3 Å². The Labute approximate surface area is 189 Å². The predicted molar refractivity (Wildman–Crippen MR) is 122 cm³/mol. The van der Waals surface area contributed by atoms with Gasteiger partial charge in [0.2, 0.25) is 0 Å². The molecule has 1 unspecified atom stereocenters. The summed E-state index contributed by atoms with van der Waals surface area (Å²) in [6.45, 7) is 5.05. The summed E-state index contributed by atoms with van der Waals surface area (Å²) in [4.78, 5) is 25.1. The number of hydrogen-bond acceptors (Lipinski definition) is 6. The Bertz CT molecular complexity index is 552. The van der Waals surface area contributed by atoms with Gasteiger partial charge in [-0.25, -0.2) is 4.79 Å². The summed E-state index contributed by atoms with van der Waals surface area (Å²) in [6, 6.07) is 0. The molecule has 2 heterocycles. The number of unbranched alkanes of at least 4 members (excludes halogenated alkanes) is 12. The Morgan fingerprint density at radius 1 is 0.871 bits per heavy atom. The van der Waals surface area contributed by atoms with E-state index >= 15 is 0 Å². The summed E-state index contributed by atoms with van der Waals surface area (Å²) in [6.07, 6.45) is 17.5. The Morgan fingerprint density at radius 3 is 2.06 bits per heavy atom. The van der Waals surface area contributed by atoms with Gasteiger partial charge in [-0.05, 0) is 12.8 Å². The van der Waals surface area contributed by atoms with Gasteiger partial charge in [-0.1, -0.05) is 90.9 Å². The Hall–Kier alpha value is -0.680. The maximum Gasteiger partial charge on any atom is 0.428 e. The lowest BCUT2D eigenvalue weighted by Gasteiger charge is -2.24. The molecule has 0 aromatic carbocycles. The number of cyclic esters (lactones) is 1. The molecule has 180 valence electrons. The molecular weight excluding hydrogens is 415 g/mol. The normalized spacial score (nSPS) is 23.5. The first-order valence-electron chi connectivity index (χ1n) is 12.6. The predicted octanol–water partition coefficient (Wildman–Crippen LogP) is 6.41. The topological polar surface area (TPSA) is 77.0 Å². The number of phosphoric acid groups is 1. The van der Waals surface area contributed by atoms with Crippen LogP contribution < -0.4 is 4.89 Å². The largest absolute Gasteiger partial charge is 0.598 e. The molecule has 0 amide bonds. The van der Waals surface area contributed by atoms with E-state index in [1.165, 1.54) is 64.2 Å². The van der Waals surface area contributed by atoms with Crippen LogP contribution in [0.2, 0.25) is 0 Å². The zero-order chi connectivity index (χ0) is 22.4. The van der Waals surface area contributed by atoms with Crippen LogP contribution in [-0.4, -0.2) is 25.8 Å². The molecule has 2 aliphatic heterocycles. The van der Waals surface area contributed by atoms with E-state index in [2.05, 4.69) is 13.8 Å². The van der Waals surface area contributed by atoms with Gasteiger partial charge in [-0.15, -0.1) is 0 Å². The van der Waals surface area contributed by atoms with Gasteiger partial charge < -0.3 is 9.63 Å². The van der Waals surface area contributed by atoms with Crippen molar-refractivity contribution < 1.29 is 28.0 Å². The Morgan fingerprint density at radius 2 is 1.45 bits per heavy atom. The lowest BCUT2D eigenvalue weighted by Crippen LogP contribution is -2.20. The highest BCUT2D eigenvalue weighted by atomic mass is 31.2. The first-order valence-corrected chi connectivity index (χ1v) is 14.0. The van der Waals surface area contributed by atoms with Crippen molar-refractivity contribution in [3.63, 3.8) is 0 Å². The molecule has 0 N–H and O–H groups in total. The molecule has 0 aromatic rings. The maximum absolute atomic E-state index is 13.0. The van der Waals surface area contributed by atoms with Gasteiger partial charge >= 0.3 is 14.1 Å². The number of carbonyl (C=O) groups is 1. The highest BCUT2D eigenvalue weighted by molar-refractivity contribution is 7.54. The van der Waals surface area contributed by atoms with Gasteiger partial charge in [0.25, 0.3) is 0 Å². The number of carbonyl (C=O) groups excluding carboxylic acids is 1. The van der Waals surface area contributed by atoms with Crippen LogP contribution in [0.3, 0.4) is 0 Å². The van der Waals surface area contributed by atoms with E-state index in [1.807, 2.05) is 0 Å². The average molecular weight is 459 g/mol. The second kappa shape index (κ2) is 15.2. The molecule has 0 bridgehead atoms. The van der Waals surface area contributed by atoms with Crippen LogP contribution in [0.5, 0.6) is 0 Å². The number of fused-ring (bicyclic) bond motifs is 1. The van der Waals surface area contributed by atoms with Crippen molar-refractivity contribution in [3.05, 3.63) is 11.3 Å². The Kier molecular flexibility index (Phi) is 13.0. The number of hydrogen-bond donors (Lipinski definition) is 0. The van der Waals surface area contributed by atoms with Crippen molar-refractivity contribution in [2.45, 2.75) is 110 Å². The van der Waals surface area contributed by atoms with E-state index in [-0.39, 0.29) is 25.1 Å². The van der Waals surface area contributed by atoms with E-state index in [0.717, 1.165) is 25.7 Å². The van der Waals surface area contributed by atoms with Crippen LogP contribution in [-0.2, 0) is 23.1 Å². The lowest BCUT2D eigenvalue weighted by atomic mass is 10.00. The molecule has 2 rings (SSSR count). The van der Waals surface area contributed by atoms with Gasteiger partial charge in [0.05, 0.1) is 18.1 Å².